The molecule has 0 bridgehead atoms. The van der Waals surface area contributed by atoms with E-state index in [-0.39, 0.29) is 47.7 Å². The third kappa shape index (κ3) is 9.53. The van der Waals surface area contributed by atoms with Crippen LogP contribution in [0.2, 0.25) is 0 Å². The summed E-state index contributed by atoms with van der Waals surface area (Å²) in [6.45, 7) is 2.06. The molecule has 4 aliphatic rings. The highest BCUT2D eigenvalue weighted by Crippen LogP contribution is 2.37. The van der Waals surface area contributed by atoms with E-state index in [2.05, 4.69) is 37.3 Å². The zero-order valence-corrected chi connectivity index (χ0v) is 37.7. The molecule has 13 nitrogen and oxygen atoms in total. The summed E-state index contributed by atoms with van der Waals surface area (Å²) < 4.78 is 0. The average Bonchev–Trinajstić information content (AvgIpc) is 3.97. The molecule has 4 amide bonds. The van der Waals surface area contributed by atoms with Crippen molar-refractivity contribution in [1.29, 1.82) is 0 Å². The topological polar surface area (TPSA) is 159 Å². The minimum absolute atomic E-state index is 0.00242. The van der Waals surface area contributed by atoms with Gasteiger partial charge in [0.05, 0.1) is 41.9 Å². The highest BCUT2D eigenvalue weighted by atomic mass is 16.2. The van der Waals surface area contributed by atoms with Gasteiger partial charge in [0.1, 0.15) is 23.7 Å². The molecule has 3 saturated heterocycles. The van der Waals surface area contributed by atoms with Crippen molar-refractivity contribution in [2.75, 3.05) is 26.7 Å². The number of likely N-dealkylation sites (tertiary alicyclic amines) is 3. The molecule has 1 saturated carbocycles. The van der Waals surface area contributed by atoms with Crippen LogP contribution in [0.5, 0.6) is 0 Å². The number of hydrogen-bond acceptors (Lipinski definition) is 7. The van der Waals surface area contributed by atoms with Gasteiger partial charge in [-0.1, -0.05) is 96.8 Å². The number of hydrogen-bond donors (Lipinski definition) is 4. The monoisotopic (exact) mass is 893 g/mol. The Kier molecular flexibility index (Phi) is 12.5. The van der Waals surface area contributed by atoms with E-state index in [1.54, 1.807) is 0 Å². The number of nitrogens with one attached hydrogen (secondary N) is 4. The predicted molar refractivity (Wildman–Crippen MR) is 254 cm³/mol. The van der Waals surface area contributed by atoms with Crippen molar-refractivity contribution >= 4 is 23.6 Å². The predicted octanol–water partition coefficient (Wildman–Crippen LogP) is 7.41. The fourth-order valence-corrected chi connectivity index (χ4v) is 9.83. The highest BCUT2D eigenvalue weighted by molar-refractivity contribution is 5.92. The van der Waals surface area contributed by atoms with Crippen molar-refractivity contribution in [3.05, 3.63) is 155 Å². The normalized spacial score (nSPS) is 20.2. The summed E-state index contributed by atoms with van der Waals surface area (Å²) >= 11 is 0. The first-order chi connectivity index (χ1) is 32.8. The summed E-state index contributed by atoms with van der Waals surface area (Å²) in [5.41, 5.74) is 6.91. The molecule has 0 unspecified atom stereocenters. The Bertz CT molecular complexity index is 2790. The number of carbonyl (C=O) groups excluding carboxylic acids is 4. The van der Waals surface area contributed by atoms with Crippen LogP contribution in [0, 0.1) is 17.8 Å². The Morgan fingerprint density at radius 3 is 1.45 bits per heavy atom. The van der Waals surface area contributed by atoms with Crippen LogP contribution in [-0.4, -0.2) is 91.0 Å². The first kappa shape index (κ1) is 43.6. The third-order valence-electron chi connectivity index (χ3n) is 13.7. The molecular formula is C54H55N9O4. The molecule has 4 aromatic carbocycles. The molecule has 4 fully saturated rings. The number of amides is 4. The van der Waals surface area contributed by atoms with Crippen LogP contribution in [0.1, 0.15) is 109 Å². The van der Waals surface area contributed by atoms with Gasteiger partial charge in [-0.15, -0.1) is 0 Å². The lowest BCUT2D eigenvalue weighted by Gasteiger charge is -2.30. The maximum absolute atomic E-state index is 14.3. The van der Waals surface area contributed by atoms with Gasteiger partial charge < -0.3 is 30.4 Å². The van der Waals surface area contributed by atoms with E-state index in [1.165, 1.54) is 0 Å². The second-order valence-electron chi connectivity index (χ2n) is 18.3. The van der Waals surface area contributed by atoms with Crippen molar-refractivity contribution in [3.63, 3.8) is 0 Å². The van der Waals surface area contributed by atoms with Gasteiger partial charge in [-0.25, -0.2) is 9.97 Å². The molecule has 4 N–H and O–H groups in total. The van der Waals surface area contributed by atoms with Crippen LogP contribution >= 0.6 is 0 Å². The minimum atomic E-state index is -0.782. The van der Waals surface area contributed by atoms with Gasteiger partial charge in [0.25, 0.3) is 0 Å². The first-order valence-corrected chi connectivity index (χ1v) is 23.6. The average molecular weight is 894 g/mol. The minimum Gasteiger partial charge on any atom is -0.340 e. The summed E-state index contributed by atoms with van der Waals surface area (Å²) in [7, 11) is 1.96. The number of aromatic nitrogens is 4. The Hall–Kier alpha value is -7.30. The third-order valence-corrected chi connectivity index (χ3v) is 13.7. The van der Waals surface area contributed by atoms with E-state index < -0.39 is 12.1 Å². The zero-order valence-electron chi connectivity index (χ0n) is 37.7. The summed E-state index contributed by atoms with van der Waals surface area (Å²) in [5, 5.41) is 6.16. The van der Waals surface area contributed by atoms with E-state index in [9.17, 15) is 19.2 Å². The van der Waals surface area contributed by atoms with E-state index >= 15 is 0 Å². The van der Waals surface area contributed by atoms with E-state index in [0.717, 1.165) is 114 Å². The zero-order chi connectivity index (χ0) is 45.9. The lowest BCUT2D eigenvalue weighted by atomic mass is 10.0. The van der Waals surface area contributed by atoms with Crippen LogP contribution < -0.4 is 10.6 Å². The Balaban J connectivity index is 0.773. The van der Waals surface area contributed by atoms with Crippen molar-refractivity contribution in [3.8, 4) is 34.4 Å². The fourth-order valence-electron chi connectivity index (χ4n) is 9.83. The smallest absolute Gasteiger partial charge is 0.250 e. The number of imidazole rings is 2. The second-order valence-corrected chi connectivity index (χ2v) is 18.3. The van der Waals surface area contributed by atoms with Gasteiger partial charge >= 0.3 is 0 Å². The van der Waals surface area contributed by atoms with Gasteiger partial charge in [-0.2, -0.15) is 0 Å². The fraction of sp³-hybridized carbons (Fsp3) is 0.333. The van der Waals surface area contributed by atoms with Gasteiger partial charge in [-0.3, -0.25) is 24.1 Å². The van der Waals surface area contributed by atoms with Crippen LogP contribution in [0.4, 0.5) is 0 Å². The Morgan fingerprint density at radius 2 is 1.01 bits per heavy atom. The number of benzene rings is 4. The molecule has 3 aliphatic heterocycles. The number of aromatic amines is 2. The quantitative estimate of drug-likeness (QED) is 0.0932. The highest BCUT2D eigenvalue weighted by Gasteiger charge is 2.40. The SMILES string of the molecule is CN1CCC[C@@H]1C(=O)N[C@@H](C(=O)N1CCC[C@H]1c1ncc(-c2ccc(C#Cc3ccc(-c4cnc([C@@H]5CCCN5C(=O)[C@H](NC(=O)C5CC5)c5ccccc5)[nH]4)cc3)cc2)[nH]1)c1ccccc1. The molecule has 0 spiro atoms. The molecule has 5 heterocycles. The largest absolute Gasteiger partial charge is 0.340 e. The number of nitrogens with zero attached hydrogens (tertiary/aromatic N) is 5. The van der Waals surface area contributed by atoms with Gasteiger partial charge in [0.15, 0.2) is 0 Å². The van der Waals surface area contributed by atoms with Crippen LogP contribution in [0.3, 0.4) is 0 Å². The number of carbonyl (C=O) groups is 4. The number of rotatable bonds is 12. The van der Waals surface area contributed by atoms with E-state index in [4.69, 9.17) is 9.97 Å². The van der Waals surface area contributed by atoms with E-state index in [1.807, 2.05) is 138 Å². The molecule has 340 valence electrons. The van der Waals surface area contributed by atoms with Crippen LogP contribution in [-0.2, 0) is 19.2 Å². The molecular weight excluding hydrogens is 839 g/mol. The molecule has 1 aliphatic carbocycles. The standard InChI is InChI=1S/C54H55N9O4/c1-61-30-8-17-46(61)52(65)60-48(40-13-6-3-7-14-40)54(67)63-32-10-16-45(63)50-56-34-43(58-50)38-26-22-36(23-27-38)19-18-35-20-24-37(25-21-35)42-33-55-49(57-42)44-15-9-31-62(44)53(66)47(39-11-4-2-5-12-39)59-51(64)41-28-29-41/h2-7,11-14,20-27,33-34,41,44-48H,8-10,15-17,28-32H2,1H3,(H,55,57)(H,56,58)(H,59,64)(H,60,65)/t44-,45-,46+,47+,48+/m0/s1. The lowest BCUT2D eigenvalue weighted by molar-refractivity contribution is -0.138. The molecule has 0 radical (unpaired) electrons. The molecule has 2 aromatic heterocycles. The number of likely N-dealkylation sites (N-methyl/N-ethyl adjacent to an activating group) is 1. The van der Waals surface area contributed by atoms with Gasteiger partial charge in [-0.05, 0) is 111 Å². The Morgan fingerprint density at radius 1 is 0.567 bits per heavy atom. The van der Waals surface area contributed by atoms with E-state index in [0.29, 0.717) is 13.1 Å². The summed E-state index contributed by atoms with van der Waals surface area (Å²) in [6.07, 6.45) is 10.4. The molecule has 67 heavy (non-hydrogen) atoms. The van der Waals surface area contributed by atoms with Crippen molar-refractivity contribution in [2.45, 2.75) is 81.6 Å². The second kappa shape index (κ2) is 19.3. The van der Waals surface area contributed by atoms with Crippen LogP contribution in [0.15, 0.2) is 122 Å². The maximum atomic E-state index is 14.3. The van der Waals surface area contributed by atoms with Crippen molar-refractivity contribution in [1.82, 2.24) is 45.3 Å². The van der Waals surface area contributed by atoms with Crippen molar-refractivity contribution < 1.29 is 19.2 Å². The summed E-state index contributed by atoms with van der Waals surface area (Å²) in [5.74, 6) is 7.63. The Labute approximate surface area is 390 Å². The molecule has 13 heteroatoms. The van der Waals surface area contributed by atoms with Gasteiger partial charge in [0, 0.05) is 30.1 Å². The van der Waals surface area contributed by atoms with Crippen molar-refractivity contribution in [2.24, 2.45) is 5.92 Å². The summed E-state index contributed by atoms with van der Waals surface area (Å²) in [6, 6.07) is 32.8. The summed E-state index contributed by atoms with van der Waals surface area (Å²) in [4.78, 5) is 76.9. The lowest BCUT2D eigenvalue weighted by Crippen LogP contribution is -2.48. The first-order valence-electron chi connectivity index (χ1n) is 23.6. The maximum Gasteiger partial charge on any atom is 0.250 e. The molecule has 10 rings (SSSR count). The molecule has 6 aromatic rings. The van der Waals surface area contributed by atoms with Gasteiger partial charge in [0.2, 0.25) is 23.6 Å². The van der Waals surface area contributed by atoms with Crippen LogP contribution in [0.25, 0.3) is 22.5 Å². The molecule has 5 atom stereocenters. The number of H-pyrrole nitrogens is 2.